The number of aromatic nitrogens is 1. The van der Waals surface area contributed by atoms with Crippen LogP contribution in [0.25, 0.3) is 0 Å². The van der Waals surface area contributed by atoms with Crippen LogP contribution in [-0.2, 0) is 24.3 Å². The molecule has 1 aromatic heterocycles. The normalized spacial score (nSPS) is 12.4. The first-order valence-corrected chi connectivity index (χ1v) is 12.2. The van der Waals surface area contributed by atoms with Crippen molar-refractivity contribution in [3.05, 3.63) is 41.7 Å². The van der Waals surface area contributed by atoms with E-state index in [2.05, 4.69) is 15.8 Å². The first-order valence-electron chi connectivity index (χ1n) is 10.8. The molecule has 0 radical (unpaired) electrons. The number of anilines is 1. The van der Waals surface area contributed by atoms with Gasteiger partial charge in [0.25, 0.3) is 11.8 Å². The summed E-state index contributed by atoms with van der Waals surface area (Å²) in [5.41, 5.74) is 0.0748. The Morgan fingerprint density at radius 3 is 2.38 bits per heavy atom. The fraction of sp³-hybridized carbons (Fsp3) is 0.455. The highest BCUT2D eigenvalue weighted by atomic mass is 32.2. The van der Waals surface area contributed by atoms with Crippen LogP contribution in [-0.4, -0.2) is 61.4 Å². The van der Waals surface area contributed by atoms with E-state index in [1.165, 1.54) is 34.6 Å². The van der Waals surface area contributed by atoms with Crippen molar-refractivity contribution in [1.29, 1.82) is 0 Å². The van der Waals surface area contributed by atoms with Gasteiger partial charge in [-0.1, -0.05) is 38.9 Å². The molecule has 186 valence electrons. The topological polar surface area (TPSA) is 148 Å². The molecule has 34 heavy (non-hydrogen) atoms. The quantitative estimate of drug-likeness (QED) is 0.450. The Bertz CT molecular complexity index is 1120. The van der Waals surface area contributed by atoms with Gasteiger partial charge in [0, 0.05) is 24.7 Å². The molecular weight excluding hydrogens is 464 g/mol. The molecule has 0 bridgehead atoms. The highest BCUT2D eigenvalue weighted by Crippen LogP contribution is 2.17. The summed E-state index contributed by atoms with van der Waals surface area (Å²) in [6, 6.07) is 6.03. The van der Waals surface area contributed by atoms with Gasteiger partial charge in [0.2, 0.25) is 10.0 Å². The smallest absolute Gasteiger partial charge is 0.329 e. The van der Waals surface area contributed by atoms with Crippen LogP contribution in [0.4, 0.5) is 5.82 Å². The third-order valence-electron chi connectivity index (χ3n) is 4.89. The predicted octanol–water partition coefficient (Wildman–Crippen LogP) is 1.95. The molecule has 0 aliphatic heterocycles. The summed E-state index contributed by atoms with van der Waals surface area (Å²) in [7, 11) is -3.76. The van der Waals surface area contributed by atoms with Crippen LogP contribution < -0.4 is 10.6 Å². The fourth-order valence-corrected chi connectivity index (χ4v) is 4.57. The Labute approximate surface area is 198 Å². The second kappa shape index (κ2) is 11.7. The number of ether oxygens (including phenoxy) is 1. The van der Waals surface area contributed by atoms with Crippen molar-refractivity contribution in [2.24, 2.45) is 5.92 Å². The molecule has 11 nitrogen and oxygen atoms in total. The lowest BCUT2D eigenvalue weighted by atomic mass is 10.0. The van der Waals surface area contributed by atoms with Gasteiger partial charge < -0.3 is 19.9 Å². The zero-order valence-electron chi connectivity index (χ0n) is 19.8. The maximum atomic E-state index is 12.8. The number of rotatable bonds is 11. The number of aryl methyl sites for hydroxylation is 1. The van der Waals surface area contributed by atoms with Crippen LogP contribution in [0.2, 0.25) is 0 Å². The van der Waals surface area contributed by atoms with Gasteiger partial charge >= 0.3 is 5.97 Å². The van der Waals surface area contributed by atoms with Crippen molar-refractivity contribution in [2.75, 3.05) is 25.0 Å². The van der Waals surface area contributed by atoms with E-state index in [4.69, 9.17) is 9.26 Å². The molecule has 1 unspecified atom stereocenters. The standard InChI is InChI=1S/C22H30N4O7S/c1-6-26(7-2)34(30,31)17-10-8-9-16(12-17)21(28)24-20(14(3)4)22(29)32-13-19(27)23-18-11-15(5)33-25-18/h8-12,14,20H,6-7,13H2,1-5H3,(H,24,28)(H,23,25,27). The van der Waals surface area contributed by atoms with Crippen LogP contribution in [0, 0.1) is 12.8 Å². The monoisotopic (exact) mass is 494 g/mol. The molecular formula is C22H30N4O7S. The minimum atomic E-state index is -3.76. The Morgan fingerprint density at radius 1 is 1.15 bits per heavy atom. The summed E-state index contributed by atoms with van der Waals surface area (Å²) < 4.78 is 36.7. The minimum absolute atomic E-state index is 0.0210. The number of sulfonamides is 1. The average Bonchev–Trinajstić information content (AvgIpc) is 3.20. The van der Waals surface area contributed by atoms with Crippen LogP contribution in [0.15, 0.2) is 39.8 Å². The van der Waals surface area contributed by atoms with Crippen molar-refractivity contribution in [3.8, 4) is 0 Å². The van der Waals surface area contributed by atoms with E-state index in [1.807, 2.05) is 0 Å². The molecule has 0 aliphatic carbocycles. The van der Waals surface area contributed by atoms with E-state index in [9.17, 15) is 22.8 Å². The number of benzene rings is 1. The molecule has 0 saturated heterocycles. The molecule has 2 N–H and O–H groups in total. The van der Waals surface area contributed by atoms with Crippen LogP contribution in [0.1, 0.15) is 43.8 Å². The Kier molecular flexibility index (Phi) is 9.33. The number of nitrogens with zero attached hydrogens (tertiary/aromatic N) is 2. The third-order valence-corrected chi connectivity index (χ3v) is 6.93. The highest BCUT2D eigenvalue weighted by Gasteiger charge is 2.28. The predicted molar refractivity (Wildman–Crippen MR) is 123 cm³/mol. The Balaban J connectivity index is 2.06. The Hall–Kier alpha value is -3.25. The molecule has 1 atom stereocenters. The van der Waals surface area contributed by atoms with Crippen molar-refractivity contribution in [3.63, 3.8) is 0 Å². The largest absolute Gasteiger partial charge is 0.454 e. The molecule has 1 aromatic carbocycles. The summed E-state index contributed by atoms with van der Waals surface area (Å²) in [4.78, 5) is 37.3. The molecule has 0 saturated carbocycles. The Morgan fingerprint density at radius 2 is 1.82 bits per heavy atom. The third kappa shape index (κ3) is 6.87. The van der Waals surface area contributed by atoms with Crippen LogP contribution in [0.5, 0.6) is 0 Å². The fourth-order valence-electron chi connectivity index (χ4n) is 3.06. The summed E-state index contributed by atoms with van der Waals surface area (Å²) in [6.07, 6.45) is 0. The maximum absolute atomic E-state index is 12.8. The zero-order valence-corrected chi connectivity index (χ0v) is 20.6. The molecule has 2 aromatic rings. The van der Waals surface area contributed by atoms with E-state index < -0.39 is 40.5 Å². The van der Waals surface area contributed by atoms with Gasteiger partial charge in [-0.2, -0.15) is 4.31 Å². The number of carbonyl (C=O) groups excluding carboxylic acids is 3. The number of hydrogen-bond acceptors (Lipinski definition) is 8. The van der Waals surface area contributed by atoms with Gasteiger partial charge in [0.05, 0.1) is 4.90 Å². The van der Waals surface area contributed by atoms with Gasteiger partial charge in [-0.3, -0.25) is 9.59 Å². The number of nitrogens with one attached hydrogen (secondary N) is 2. The lowest BCUT2D eigenvalue weighted by Gasteiger charge is -2.21. The van der Waals surface area contributed by atoms with Crippen LogP contribution in [0.3, 0.4) is 0 Å². The molecule has 2 amide bonds. The van der Waals surface area contributed by atoms with E-state index in [0.29, 0.717) is 18.8 Å². The summed E-state index contributed by atoms with van der Waals surface area (Å²) >= 11 is 0. The van der Waals surface area contributed by atoms with Gasteiger partial charge in [0.15, 0.2) is 12.4 Å². The SMILES string of the molecule is CCN(CC)S(=O)(=O)c1cccc(C(=O)NC(C(=O)OCC(=O)Nc2cc(C)on2)C(C)C)c1. The lowest BCUT2D eigenvalue weighted by Crippen LogP contribution is -2.46. The van der Waals surface area contributed by atoms with Gasteiger partial charge in [-0.05, 0) is 31.0 Å². The molecule has 2 rings (SSSR count). The van der Waals surface area contributed by atoms with Gasteiger partial charge in [-0.15, -0.1) is 0 Å². The number of esters is 1. The van der Waals surface area contributed by atoms with E-state index >= 15 is 0 Å². The second-order valence-corrected chi connectivity index (χ2v) is 9.73. The van der Waals surface area contributed by atoms with Gasteiger partial charge in [0.1, 0.15) is 11.8 Å². The second-order valence-electron chi connectivity index (χ2n) is 7.79. The molecule has 12 heteroatoms. The molecule has 0 fully saturated rings. The van der Waals surface area contributed by atoms with Crippen molar-refractivity contribution < 1.29 is 32.1 Å². The first kappa shape index (κ1) is 27.0. The molecule has 0 spiro atoms. The molecule has 0 aliphatic rings. The summed E-state index contributed by atoms with van der Waals surface area (Å²) in [5.74, 6) is -1.74. The summed E-state index contributed by atoms with van der Waals surface area (Å²) in [5, 5.41) is 8.60. The van der Waals surface area contributed by atoms with Crippen LogP contribution >= 0.6 is 0 Å². The van der Waals surface area contributed by atoms with Gasteiger partial charge in [-0.25, -0.2) is 13.2 Å². The molecule has 1 heterocycles. The number of amides is 2. The lowest BCUT2D eigenvalue weighted by molar-refractivity contribution is -0.150. The van der Waals surface area contributed by atoms with E-state index in [0.717, 1.165) is 0 Å². The van der Waals surface area contributed by atoms with E-state index in [-0.39, 0.29) is 22.2 Å². The average molecular weight is 495 g/mol. The maximum Gasteiger partial charge on any atom is 0.329 e. The minimum Gasteiger partial charge on any atom is -0.454 e. The summed E-state index contributed by atoms with van der Waals surface area (Å²) in [6.45, 7) is 8.51. The van der Waals surface area contributed by atoms with E-state index in [1.54, 1.807) is 34.6 Å². The number of carbonyl (C=O) groups is 3. The number of hydrogen-bond donors (Lipinski definition) is 2. The van der Waals surface area contributed by atoms with Crippen molar-refractivity contribution in [1.82, 2.24) is 14.8 Å². The highest BCUT2D eigenvalue weighted by molar-refractivity contribution is 7.89. The first-order chi connectivity index (χ1) is 16.0. The van der Waals surface area contributed by atoms with Crippen molar-refractivity contribution >= 4 is 33.6 Å². The van der Waals surface area contributed by atoms with Crippen molar-refractivity contribution in [2.45, 2.75) is 45.6 Å². The zero-order chi connectivity index (χ0) is 25.5.